The molecule has 0 unspecified atom stereocenters. The Bertz CT molecular complexity index is 249. The number of ether oxygens (including phenoxy) is 1. The fourth-order valence-corrected chi connectivity index (χ4v) is 1.37. The van der Waals surface area contributed by atoms with E-state index in [0.717, 1.165) is 6.92 Å². The molecule has 0 aromatic rings. The predicted molar refractivity (Wildman–Crippen MR) is 49.7 cm³/mol. The van der Waals surface area contributed by atoms with E-state index in [-0.39, 0.29) is 6.54 Å². The van der Waals surface area contributed by atoms with E-state index < -0.39 is 15.5 Å². The van der Waals surface area contributed by atoms with Gasteiger partial charge in [-0.25, -0.2) is 0 Å². The molecule has 0 aromatic carbocycles. The smallest absolute Gasteiger partial charge is 0.379 e. The fraction of sp³-hybridized carbons (Fsp3) is 1.00. The summed E-state index contributed by atoms with van der Waals surface area (Å²) in [5.74, 6) is 0. The van der Waals surface area contributed by atoms with Gasteiger partial charge in [0.2, 0.25) is 0 Å². The minimum atomic E-state index is -2.13. The first-order valence-electron chi connectivity index (χ1n) is 4.56. The Morgan fingerprint density at radius 3 is 2.13 bits per heavy atom. The first-order chi connectivity index (χ1) is 6.97. The lowest BCUT2D eigenvalue weighted by atomic mass is 10.2. The number of nitrogens with zero attached hydrogens (tertiary/aromatic N) is 3. The Balaban J connectivity index is 2.65. The molecule has 15 heavy (non-hydrogen) atoms. The minimum Gasteiger partial charge on any atom is -0.379 e. The maximum atomic E-state index is 10.6. The van der Waals surface area contributed by atoms with Crippen LogP contribution in [0.25, 0.3) is 0 Å². The van der Waals surface area contributed by atoms with E-state index in [1.807, 2.05) is 0 Å². The minimum absolute atomic E-state index is 0.184. The van der Waals surface area contributed by atoms with Gasteiger partial charge in [0.25, 0.3) is 0 Å². The molecule has 0 saturated carbocycles. The van der Waals surface area contributed by atoms with E-state index in [0.29, 0.717) is 26.3 Å². The molecule has 86 valence electrons. The van der Waals surface area contributed by atoms with Gasteiger partial charge in [0, 0.05) is 13.1 Å². The maximum Gasteiger partial charge on any atom is 0.468 e. The zero-order valence-electron chi connectivity index (χ0n) is 8.42. The normalized spacial score (nSPS) is 18.7. The number of rotatable bonds is 4. The molecule has 1 heterocycles. The lowest BCUT2D eigenvalue weighted by Gasteiger charge is -2.27. The van der Waals surface area contributed by atoms with E-state index in [1.54, 1.807) is 4.90 Å². The Hall–Kier alpha value is -1.28. The average Bonchev–Trinajstić information content (AvgIpc) is 2.18. The number of hydrogen-bond acceptors (Lipinski definition) is 6. The molecule has 0 radical (unpaired) electrons. The number of nitro groups is 2. The Kier molecular flexibility index (Phi) is 3.53. The Morgan fingerprint density at radius 2 is 1.73 bits per heavy atom. The first kappa shape index (κ1) is 11.8. The summed E-state index contributed by atoms with van der Waals surface area (Å²) in [6, 6.07) is 0. The van der Waals surface area contributed by atoms with Crippen LogP contribution in [0.5, 0.6) is 0 Å². The molecule has 1 saturated heterocycles. The van der Waals surface area contributed by atoms with Crippen LogP contribution in [0.3, 0.4) is 0 Å². The summed E-state index contributed by atoms with van der Waals surface area (Å²) in [4.78, 5) is 21.3. The molecule has 8 nitrogen and oxygen atoms in total. The monoisotopic (exact) mass is 219 g/mol. The standard InChI is InChI=1S/C7H13N3O5/c1-7(9(11)12,10(13)14)6-8-2-4-15-5-3-8/h2-6H2,1H3. The van der Waals surface area contributed by atoms with E-state index in [2.05, 4.69) is 0 Å². The lowest BCUT2D eigenvalue weighted by molar-refractivity contribution is -0.791. The van der Waals surface area contributed by atoms with Crippen LogP contribution in [0.4, 0.5) is 0 Å². The molecule has 8 heteroatoms. The summed E-state index contributed by atoms with van der Waals surface area (Å²) in [5, 5.41) is 21.3. The summed E-state index contributed by atoms with van der Waals surface area (Å²) >= 11 is 0. The van der Waals surface area contributed by atoms with E-state index in [1.165, 1.54) is 0 Å². The van der Waals surface area contributed by atoms with Crippen molar-refractivity contribution in [1.29, 1.82) is 0 Å². The maximum absolute atomic E-state index is 10.6. The molecule has 1 aliphatic rings. The van der Waals surface area contributed by atoms with Crippen molar-refractivity contribution in [3.05, 3.63) is 20.2 Å². The van der Waals surface area contributed by atoms with Crippen molar-refractivity contribution in [3.63, 3.8) is 0 Å². The molecule has 1 aliphatic heterocycles. The Morgan fingerprint density at radius 1 is 1.27 bits per heavy atom. The molecule has 1 fully saturated rings. The molecular formula is C7H13N3O5. The van der Waals surface area contributed by atoms with Crippen molar-refractivity contribution in [1.82, 2.24) is 4.90 Å². The van der Waals surface area contributed by atoms with Crippen LogP contribution >= 0.6 is 0 Å². The van der Waals surface area contributed by atoms with Gasteiger partial charge in [0.15, 0.2) is 0 Å². The summed E-state index contributed by atoms with van der Waals surface area (Å²) in [5.41, 5.74) is -2.13. The highest BCUT2D eigenvalue weighted by Crippen LogP contribution is 2.13. The lowest BCUT2D eigenvalue weighted by Crippen LogP contribution is -2.54. The van der Waals surface area contributed by atoms with Gasteiger partial charge in [0.1, 0.15) is 6.54 Å². The van der Waals surface area contributed by atoms with Crippen LogP contribution in [-0.4, -0.2) is 53.3 Å². The van der Waals surface area contributed by atoms with E-state index >= 15 is 0 Å². The van der Waals surface area contributed by atoms with Crippen molar-refractivity contribution < 1.29 is 14.6 Å². The molecule has 0 atom stereocenters. The van der Waals surface area contributed by atoms with Crippen LogP contribution in [0, 0.1) is 20.2 Å². The molecule has 0 amide bonds. The second-order valence-electron chi connectivity index (χ2n) is 3.62. The first-order valence-corrected chi connectivity index (χ1v) is 4.56. The van der Waals surface area contributed by atoms with Crippen LogP contribution < -0.4 is 0 Å². The van der Waals surface area contributed by atoms with Gasteiger partial charge in [-0.05, 0) is 0 Å². The highest BCUT2D eigenvalue weighted by Gasteiger charge is 2.51. The van der Waals surface area contributed by atoms with Gasteiger partial charge in [-0.15, -0.1) is 0 Å². The SMILES string of the molecule is CC(CN1CCOCC1)([N+](=O)[O-])[N+](=O)[O-]. The summed E-state index contributed by atoms with van der Waals surface area (Å²) in [6.07, 6.45) is 0. The van der Waals surface area contributed by atoms with Crippen molar-refractivity contribution in [3.8, 4) is 0 Å². The largest absolute Gasteiger partial charge is 0.468 e. The van der Waals surface area contributed by atoms with Gasteiger partial charge in [-0.1, -0.05) is 0 Å². The summed E-state index contributed by atoms with van der Waals surface area (Å²) in [6.45, 7) is 2.77. The van der Waals surface area contributed by atoms with Crippen LogP contribution in [-0.2, 0) is 4.74 Å². The van der Waals surface area contributed by atoms with Crippen LogP contribution in [0.1, 0.15) is 6.92 Å². The number of hydrogen-bond donors (Lipinski definition) is 0. The summed E-state index contributed by atoms with van der Waals surface area (Å²) < 4.78 is 5.05. The van der Waals surface area contributed by atoms with Gasteiger partial charge in [0.05, 0.1) is 30.0 Å². The van der Waals surface area contributed by atoms with Crippen LogP contribution in [0.2, 0.25) is 0 Å². The quantitative estimate of drug-likeness (QED) is 0.362. The Labute approximate surface area is 86.1 Å². The van der Waals surface area contributed by atoms with Gasteiger partial charge < -0.3 is 4.74 Å². The van der Waals surface area contributed by atoms with E-state index in [4.69, 9.17) is 4.74 Å². The topological polar surface area (TPSA) is 98.8 Å². The number of morpholine rings is 1. The molecule has 0 aliphatic carbocycles. The molecule has 0 aromatic heterocycles. The third-order valence-electron chi connectivity index (χ3n) is 2.41. The zero-order chi connectivity index (χ0) is 11.5. The van der Waals surface area contributed by atoms with E-state index in [9.17, 15) is 20.2 Å². The highest BCUT2D eigenvalue weighted by molar-refractivity contribution is 4.70. The third-order valence-corrected chi connectivity index (χ3v) is 2.41. The predicted octanol–water partition coefficient (Wildman–Crippen LogP) is -0.412. The van der Waals surface area contributed by atoms with Crippen molar-refractivity contribution >= 4 is 0 Å². The summed E-state index contributed by atoms with van der Waals surface area (Å²) in [7, 11) is 0. The average molecular weight is 219 g/mol. The fourth-order valence-electron chi connectivity index (χ4n) is 1.37. The molecule has 0 N–H and O–H groups in total. The second-order valence-corrected chi connectivity index (χ2v) is 3.62. The van der Waals surface area contributed by atoms with Crippen LogP contribution in [0.15, 0.2) is 0 Å². The van der Waals surface area contributed by atoms with Gasteiger partial charge in [-0.3, -0.25) is 25.1 Å². The van der Waals surface area contributed by atoms with Gasteiger partial charge in [-0.2, -0.15) is 0 Å². The molecule has 1 rings (SSSR count). The molecule has 0 bridgehead atoms. The highest BCUT2D eigenvalue weighted by atomic mass is 16.7. The van der Waals surface area contributed by atoms with Crippen molar-refractivity contribution in [2.24, 2.45) is 0 Å². The zero-order valence-corrected chi connectivity index (χ0v) is 8.42. The van der Waals surface area contributed by atoms with Crippen molar-refractivity contribution in [2.75, 3.05) is 32.8 Å². The second kappa shape index (κ2) is 4.49. The molecule has 0 spiro atoms. The molecular weight excluding hydrogens is 206 g/mol. The van der Waals surface area contributed by atoms with Crippen molar-refractivity contribution in [2.45, 2.75) is 12.6 Å². The van der Waals surface area contributed by atoms with Gasteiger partial charge >= 0.3 is 5.66 Å². The third kappa shape index (κ3) is 2.60.